The number of urea groups is 1. The van der Waals surface area contributed by atoms with E-state index >= 15 is 0 Å². The average Bonchev–Trinajstić information content (AvgIpc) is 2.96. The maximum Gasteiger partial charge on any atom is 0.320 e. The molecule has 0 N–H and O–H groups in total. The highest BCUT2D eigenvalue weighted by Gasteiger charge is 2.55. The molecule has 1 heterocycles. The van der Waals surface area contributed by atoms with Crippen LogP contribution >= 0.6 is 0 Å². The number of nitrogens with zero attached hydrogens (tertiary/aromatic N) is 3. The van der Waals surface area contributed by atoms with E-state index in [1.165, 1.54) is 24.8 Å². The summed E-state index contributed by atoms with van der Waals surface area (Å²) in [4.78, 5) is 31.7. The van der Waals surface area contributed by atoms with Crippen molar-refractivity contribution in [1.29, 1.82) is 0 Å². The molecule has 5 heteroatoms. The highest BCUT2D eigenvalue weighted by Crippen LogP contribution is 2.49. The lowest BCUT2D eigenvalue weighted by Gasteiger charge is -2.51. The van der Waals surface area contributed by atoms with Gasteiger partial charge in [-0.25, -0.2) is 4.79 Å². The minimum atomic E-state index is -0.505. The predicted octanol–water partition coefficient (Wildman–Crippen LogP) is 4.52. The highest BCUT2D eigenvalue weighted by atomic mass is 16.2. The van der Waals surface area contributed by atoms with Gasteiger partial charge >= 0.3 is 6.03 Å². The summed E-state index contributed by atoms with van der Waals surface area (Å²) in [6.45, 7) is 6.02. The molecule has 1 saturated heterocycles. The van der Waals surface area contributed by atoms with Gasteiger partial charge in [0.1, 0.15) is 6.29 Å². The smallest absolute Gasteiger partial charge is 0.320 e. The molecule has 1 spiro atoms. The number of hydrogen-bond donors (Lipinski definition) is 0. The topological polar surface area (TPSA) is 43.9 Å². The normalized spacial score (nSPS) is 29.6. The maximum atomic E-state index is 13.5. The van der Waals surface area contributed by atoms with Crippen molar-refractivity contribution in [2.75, 3.05) is 33.7 Å². The Morgan fingerprint density at radius 3 is 2.26 bits per heavy atom. The molecule has 0 radical (unpaired) electrons. The molecule has 170 valence electrons. The minimum Gasteiger partial charge on any atom is -0.321 e. The molecule has 5 nitrogen and oxygen atoms in total. The quantitative estimate of drug-likeness (QED) is 0.604. The maximum absolute atomic E-state index is 13.5. The number of benzene rings is 1. The first-order valence-corrected chi connectivity index (χ1v) is 12.0. The van der Waals surface area contributed by atoms with Crippen molar-refractivity contribution < 1.29 is 9.59 Å². The summed E-state index contributed by atoms with van der Waals surface area (Å²) in [7, 11) is 4.38. The molecule has 0 aromatic heterocycles. The zero-order chi connectivity index (χ0) is 22.3. The van der Waals surface area contributed by atoms with Crippen LogP contribution in [0.25, 0.3) is 0 Å². The van der Waals surface area contributed by atoms with Crippen molar-refractivity contribution in [3.05, 3.63) is 35.9 Å². The van der Waals surface area contributed by atoms with Crippen molar-refractivity contribution in [3.63, 3.8) is 0 Å². The molecule has 0 unspecified atom stereocenters. The van der Waals surface area contributed by atoms with Crippen LogP contribution in [-0.4, -0.2) is 66.3 Å². The van der Waals surface area contributed by atoms with Crippen LogP contribution in [-0.2, 0) is 10.3 Å². The Hall–Kier alpha value is -1.88. The molecule has 0 atom stereocenters. The predicted molar refractivity (Wildman–Crippen MR) is 124 cm³/mol. The second-order valence-corrected chi connectivity index (χ2v) is 11.2. The Morgan fingerprint density at radius 1 is 1.10 bits per heavy atom. The van der Waals surface area contributed by atoms with Gasteiger partial charge in [0.2, 0.25) is 0 Å². The summed E-state index contributed by atoms with van der Waals surface area (Å²) < 4.78 is 0. The third kappa shape index (κ3) is 4.02. The number of aldehydes is 1. The molecular formula is C26H39N3O2. The van der Waals surface area contributed by atoms with Crippen LogP contribution in [0.1, 0.15) is 64.4 Å². The number of rotatable bonds is 7. The summed E-state index contributed by atoms with van der Waals surface area (Å²) >= 11 is 0. The van der Waals surface area contributed by atoms with Crippen LogP contribution in [0.3, 0.4) is 0 Å². The molecule has 3 fully saturated rings. The fourth-order valence-electron chi connectivity index (χ4n) is 6.04. The van der Waals surface area contributed by atoms with E-state index in [2.05, 4.69) is 54.2 Å². The van der Waals surface area contributed by atoms with E-state index in [1.54, 1.807) is 0 Å². The molecule has 1 aliphatic heterocycles. The highest BCUT2D eigenvalue weighted by molar-refractivity contribution is 5.79. The third-order valence-electron chi connectivity index (χ3n) is 8.32. The zero-order valence-corrected chi connectivity index (χ0v) is 19.8. The van der Waals surface area contributed by atoms with Gasteiger partial charge in [-0.15, -0.1) is 0 Å². The average molecular weight is 426 g/mol. The third-order valence-corrected chi connectivity index (χ3v) is 8.32. The number of hydrogen-bond acceptors (Lipinski definition) is 3. The molecule has 31 heavy (non-hydrogen) atoms. The fraction of sp³-hybridized carbons (Fsp3) is 0.692. The second-order valence-electron chi connectivity index (χ2n) is 11.2. The Kier molecular flexibility index (Phi) is 5.93. The van der Waals surface area contributed by atoms with Crippen LogP contribution in [0.5, 0.6) is 0 Å². The van der Waals surface area contributed by atoms with Gasteiger partial charge in [0.05, 0.1) is 5.54 Å². The van der Waals surface area contributed by atoms with Gasteiger partial charge < -0.3 is 14.6 Å². The summed E-state index contributed by atoms with van der Waals surface area (Å²) in [5, 5.41) is 0. The Morgan fingerprint density at radius 2 is 1.74 bits per heavy atom. The zero-order valence-electron chi connectivity index (χ0n) is 19.8. The van der Waals surface area contributed by atoms with Crippen molar-refractivity contribution in [3.8, 4) is 0 Å². The van der Waals surface area contributed by atoms with Gasteiger partial charge in [-0.3, -0.25) is 4.90 Å². The molecule has 0 bridgehead atoms. The van der Waals surface area contributed by atoms with E-state index < -0.39 is 5.41 Å². The van der Waals surface area contributed by atoms with E-state index in [0.29, 0.717) is 12.5 Å². The lowest BCUT2D eigenvalue weighted by molar-refractivity contribution is -0.115. The molecule has 1 aromatic rings. The van der Waals surface area contributed by atoms with E-state index in [4.69, 9.17) is 0 Å². The Bertz CT molecular complexity index is 792. The number of amides is 2. The van der Waals surface area contributed by atoms with Gasteiger partial charge in [-0.05, 0) is 64.1 Å². The molecule has 1 aromatic carbocycles. The van der Waals surface area contributed by atoms with Crippen molar-refractivity contribution >= 4 is 12.3 Å². The second kappa shape index (κ2) is 8.23. The fourth-order valence-corrected chi connectivity index (χ4v) is 6.04. The SMILES string of the molecule is CN(C)C1(c2ccccc2)CCC2(CC1)CN(CC(C)(C)C=O)C(=O)N2CC1CCC1. The standard InChI is InChI=1S/C26H39N3O2/c1-24(2,20-30)18-28-19-25(29(23(28)31)17-21-9-8-10-21)13-15-26(16-14-25,27(3)4)22-11-6-5-7-12-22/h5-7,11-12,20-21H,8-10,13-19H2,1-4H3. The van der Waals surface area contributed by atoms with Crippen molar-refractivity contribution in [2.45, 2.75) is 69.9 Å². The van der Waals surface area contributed by atoms with Crippen LogP contribution in [0.4, 0.5) is 4.79 Å². The molecular weight excluding hydrogens is 386 g/mol. The Balaban J connectivity index is 1.59. The van der Waals surface area contributed by atoms with E-state index in [1.807, 2.05) is 18.7 Å². The van der Waals surface area contributed by atoms with Gasteiger partial charge in [-0.2, -0.15) is 0 Å². The van der Waals surface area contributed by atoms with Gasteiger partial charge in [0.25, 0.3) is 0 Å². The molecule has 3 aliphatic rings. The summed E-state index contributed by atoms with van der Waals surface area (Å²) in [6, 6.07) is 11.0. The Labute approximate surface area is 187 Å². The summed E-state index contributed by atoms with van der Waals surface area (Å²) in [5.41, 5.74) is 0.798. The van der Waals surface area contributed by atoms with Crippen LogP contribution in [0, 0.1) is 11.3 Å². The molecule has 2 saturated carbocycles. The van der Waals surface area contributed by atoms with E-state index in [9.17, 15) is 9.59 Å². The van der Waals surface area contributed by atoms with E-state index in [0.717, 1.165) is 45.1 Å². The lowest BCUT2D eigenvalue weighted by Crippen LogP contribution is -2.56. The van der Waals surface area contributed by atoms with Crippen LogP contribution in [0.2, 0.25) is 0 Å². The molecule has 4 rings (SSSR count). The van der Waals surface area contributed by atoms with Crippen molar-refractivity contribution in [1.82, 2.24) is 14.7 Å². The monoisotopic (exact) mass is 425 g/mol. The molecule has 2 amide bonds. The lowest BCUT2D eigenvalue weighted by atomic mass is 9.68. The van der Waals surface area contributed by atoms with Gasteiger partial charge in [0, 0.05) is 30.6 Å². The molecule has 2 aliphatic carbocycles. The van der Waals surface area contributed by atoms with E-state index in [-0.39, 0.29) is 17.1 Å². The van der Waals surface area contributed by atoms with Gasteiger partial charge in [-0.1, -0.05) is 50.6 Å². The van der Waals surface area contributed by atoms with Crippen LogP contribution < -0.4 is 0 Å². The minimum absolute atomic E-state index is 0.0210. The van der Waals surface area contributed by atoms with Crippen molar-refractivity contribution in [2.24, 2.45) is 11.3 Å². The summed E-state index contributed by atoms with van der Waals surface area (Å²) in [6.07, 6.45) is 8.88. The first-order chi connectivity index (χ1) is 14.7. The number of carbonyl (C=O) groups is 2. The summed E-state index contributed by atoms with van der Waals surface area (Å²) in [5.74, 6) is 0.648. The largest absolute Gasteiger partial charge is 0.321 e. The first-order valence-electron chi connectivity index (χ1n) is 12.0. The van der Waals surface area contributed by atoms with Crippen LogP contribution in [0.15, 0.2) is 30.3 Å². The van der Waals surface area contributed by atoms with Gasteiger partial charge in [0.15, 0.2) is 0 Å². The number of carbonyl (C=O) groups excluding carboxylic acids is 2. The first kappa shape index (κ1) is 22.3.